The van der Waals surface area contributed by atoms with Crippen LogP contribution in [0.3, 0.4) is 0 Å². The number of nitrogens with one attached hydrogen (secondary N) is 4. The van der Waals surface area contributed by atoms with Gasteiger partial charge in [-0.1, -0.05) is 86.6 Å². The van der Waals surface area contributed by atoms with Crippen LogP contribution in [0.15, 0.2) is 72.8 Å². The van der Waals surface area contributed by atoms with E-state index in [1.54, 1.807) is 38.1 Å². The summed E-state index contributed by atoms with van der Waals surface area (Å²) in [7, 11) is -5.27. The molecule has 49 heavy (non-hydrogen) atoms. The molecule has 3 aromatic rings. The maximum atomic E-state index is 13.9. The van der Waals surface area contributed by atoms with Crippen LogP contribution in [0.2, 0.25) is 0 Å². The van der Waals surface area contributed by atoms with Crippen molar-refractivity contribution in [2.75, 3.05) is 6.54 Å². The van der Waals surface area contributed by atoms with E-state index in [0.717, 1.165) is 21.9 Å². The molecule has 0 spiro atoms. The van der Waals surface area contributed by atoms with Gasteiger partial charge in [0.15, 0.2) is 5.44 Å². The van der Waals surface area contributed by atoms with E-state index >= 15 is 0 Å². The maximum Gasteiger partial charge on any atom is 1.00 e. The standard InChI is InChI=1S/C34H42N4O9S.Na/c1-21(2)17-27(31(40)37-29(33(42)48(44,45)46)19-25-15-16-35-30(25)39)36-32(41)28(38-34(43)47-20-22-9-4-3-5-10-22)18-24-13-8-12-23-11-6-7-14-26(23)24;/h3-14,21,25,27-29,33,42H,15-20H2,1-2H3,(H,35,39)(H,36,41)(H,37,40)(H,38,43)(H,44,45,46);/q;+1/p-1/t25-,27-,28-,29-,33-;/m0./s1. The molecule has 1 aliphatic rings. The Hall–Kier alpha value is -3.53. The number of aliphatic hydroxyl groups is 1. The number of amides is 4. The predicted molar refractivity (Wildman–Crippen MR) is 176 cm³/mol. The fraction of sp³-hybridized carbons (Fsp3) is 0.412. The number of fused-ring (bicyclic) bond motifs is 1. The van der Waals surface area contributed by atoms with Crippen LogP contribution in [0.25, 0.3) is 10.8 Å². The number of hydrogen-bond donors (Lipinski definition) is 5. The molecule has 258 valence electrons. The average molecular weight is 705 g/mol. The molecule has 5 N–H and O–H groups in total. The molecular formula is C34H41N4NaO9S. The minimum atomic E-state index is -5.27. The van der Waals surface area contributed by atoms with Gasteiger partial charge in [-0.25, -0.2) is 13.2 Å². The zero-order valence-electron chi connectivity index (χ0n) is 27.8. The average Bonchev–Trinajstić information content (AvgIpc) is 3.46. The van der Waals surface area contributed by atoms with E-state index < -0.39 is 63.4 Å². The Balaban J connectivity index is 0.00000650. The molecule has 15 heteroatoms. The van der Waals surface area contributed by atoms with Gasteiger partial charge in [-0.2, -0.15) is 0 Å². The first-order chi connectivity index (χ1) is 22.8. The molecule has 13 nitrogen and oxygen atoms in total. The van der Waals surface area contributed by atoms with Gasteiger partial charge in [-0.3, -0.25) is 14.4 Å². The largest absolute Gasteiger partial charge is 1.00 e. The quantitative estimate of drug-likeness (QED) is 0.0981. The summed E-state index contributed by atoms with van der Waals surface area (Å²) in [6.45, 7) is 3.89. The van der Waals surface area contributed by atoms with Crippen LogP contribution in [0.4, 0.5) is 4.79 Å². The number of hydrogen-bond acceptors (Lipinski definition) is 9. The molecule has 0 aromatic heterocycles. The zero-order chi connectivity index (χ0) is 34.8. The van der Waals surface area contributed by atoms with Crippen LogP contribution in [-0.4, -0.2) is 72.0 Å². The Morgan fingerprint density at radius 1 is 0.939 bits per heavy atom. The van der Waals surface area contributed by atoms with Crippen LogP contribution in [0.1, 0.15) is 44.2 Å². The Morgan fingerprint density at radius 2 is 1.59 bits per heavy atom. The first-order valence-electron chi connectivity index (χ1n) is 15.8. The summed E-state index contributed by atoms with van der Waals surface area (Å²) in [6, 6.07) is 18.0. The van der Waals surface area contributed by atoms with Gasteiger partial charge < -0.3 is 35.7 Å². The molecule has 0 radical (unpaired) electrons. The Kier molecular flexibility index (Phi) is 15.0. The SMILES string of the molecule is CC(C)C[C@H](NC(=O)[C@H](Cc1cccc2ccccc12)NC(=O)OCc1ccccc1)C(=O)N[C@@H](C[C@@H]1CCNC1=O)[C@@H](O)S(=O)(=O)[O-].[Na+]. The maximum absolute atomic E-state index is 13.9. The fourth-order valence-electron chi connectivity index (χ4n) is 5.69. The van der Waals surface area contributed by atoms with Crippen LogP contribution in [0.5, 0.6) is 0 Å². The van der Waals surface area contributed by atoms with Gasteiger partial charge in [0.25, 0.3) is 0 Å². The van der Waals surface area contributed by atoms with Gasteiger partial charge in [0.1, 0.15) is 28.8 Å². The number of carbonyl (C=O) groups excluding carboxylic acids is 4. The molecule has 1 heterocycles. The monoisotopic (exact) mass is 704 g/mol. The van der Waals surface area contributed by atoms with Crippen LogP contribution < -0.4 is 50.8 Å². The van der Waals surface area contributed by atoms with E-state index in [9.17, 15) is 37.3 Å². The smallest absolute Gasteiger partial charge is 0.746 e. The zero-order valence-corrected chi connectivity index (χ0v) is 30.6. The van der Waals surface area contributed by atoms with Gasteiger partial charge >= 0.3 is 35.7 Å². The fourth-order valence-corrected chi connectivity index (χ4v) is 6.27. The third-order valence-electron chi connectivity index (χ3n) is 8.13. The summed E-state index contributed by atoms with van der Waals surface area (Å²) in [5, 5.41) is 22.4. The van der Waals surface area contributed by atoms with Crippen LogP contribution in [0, 0.1) is 11.8 Å². The third-order valence-corrected chi connectivity index (χ3v) is 9.05. The number of aliphatic hydroxyl groups excluding tert-OH is 1. The predicted octanol–water partition coefficient (Wildman–Crippen LogP) is -0.913. The van der Waals surface area contributed by atoms with E-state index in [0.29, 0.717) is 13.0 Å². The Morgan fingerprint density at radius 3 is 2.24 bits per heavy atom. The van der Waals surface area contributed by atoms with Gasteiger partial charge in [0, 0.05) is 18.9 Å². The van der Waals surface area contributed by atoms with Gasteiger partial charge in [-0.15, -0.1) is 0 Å². The van der Waals surface area contributed by atoms with Crippen LogP contribution in [-0.2, 0) is 42.3 Å². The minimum Gasteiger partial charge on any atom is -0.746 e. The molecular weight excluding hydrogens is 663 g/mol. The third kappa shape index (κ3) is 11.8. The van der Waals surface area contributed by atoms with E-state index in [4.69, 9.17) is 4.74 Å². The second-order valence-electron chi connectivity index (χ2n) is 12.3. The van der Waals surface area contributed by atoms with Crippen molar-refractivity contribution in [3.8, 4) is 0 Å². The molecule has 5 atom stereocenters. The van der Waals surface area contributed by atoms with Crippen molar-refractivity contribution in [2.45, 2.75) is 69.7 Å². The van der Waals surface area contributed by atoms with Crippen LogP contribution >= 0.6 is 0 Å². The number of carbonyl (C=O) groups is 4. The first kappa shape index (κ1) is 39.9. The molecule has 0 aliphatic carbocycles. The number of ether oxygens (including phenoxy) is 1. The van der Waals surface area contributed by atoms with Crippen molar-refractivity contribution in [2.24, 2.45) is 11.8 Å². The molecule has 1 saturated heterocycles. The molecule has 0 saturated carbocycles. The summed E-state index contributed by atoms with van der Waals surface area (Å²) < 4.78 is 40.7. The molecule has 0 bridgehead atoms. The molecule has 1 fully saturated rings. The first-order valence-corrected chi connectivity index (χ1v) is 17.2. The molecule has 3 aromatic carbocycles. The molecule has 4 rings (SSSR count). The number of alkyl carbamates (subject to hydrolysis) is 1. The summed E-state index contributed by atoms with van der Waals surface area (Å²) in [5.41, 5.74) is -1.03. The summed E-state index contributed by atoms with van der Waals surface area (Å²) in [6.07, 6.45) is -0.710. The Bertz CT molecular complexity index is 1700. The van der Waals surface area contributed by atoms with Crippen molar-refractivity contribution < 1.29 is 71.5 Å². The summed E-state index contributed by atoms with van der Waals surface area (Å²) in [4.78, 5) is 52.6. The van der Waals surface area contributed by atoms with Crippen molar-refractivity contribution >= 4 is 44.7 Å². The van der Waals surface area contributed by atoms with Crippen molar-refractivity contribution in [3.05, 3.63) is 83.9 Å². The minimum absolute atomic E-state index is 0. The number of rotatable bonds is 15. The van der Waals surface area contributed by atoms with Crippen molar-refractivity contribution in [1.82, 2.24) is 21.3 Å². The van der Waals surface area contributed by atoms with Gasteiger partial charge in [0.2, 0.25) is 17.7 Å². The van der Waals surface area contributed by atoms with Gasteiger partial charge in [0.05, 0.1) is 6.04 Å². The van der Waals surface area contributed by atoms with Crippen molar-refractivity contribution in [1.29, 1.82) is 0 Å². The normalized spacial score (nSPS) is 16.8. The van der Waals surface area contributed by atoms with Gasteiger partial charge in [-0.05, 0) is 47.1 Å². The van der Waals surface area contributed by atoms with E-state index in [1.165, 1.54) is 0 Å². The second kappa shape index (κ2) is 18.5. The summed E-state index contributed by atoms with van der Waals surface area (Å²) >= 11 is 0. The van der Waals surface area contributed by atoms with E-state index in [2.05, 4.69) is 21.3 Å². The van der Waals surface area contributed by atoms with Crippen molar-refractivity contribution in [3.63, 3.8) is 0 Å². The topological polar surface area (TPSA) is 203 Å². The van der Waals surface area contributed by atoms with E-state index in [1.807, 2.05) is 48.5 Å². The molecule has 0 unspecified atom stereocenters. The molecule has 4 amide bonds. The Labute approximate surface area is 308 Å². The number of benzene rings is 3. The van der Waals surface area contributed by atoms with E-state index in [-0.39, 0.29) is 61.3 Å². The second-order valence-corrected chi connectivity index (χ2v) is 13.8. The molecule has 1 aliphatic heterocycles. The summed E-state index contributed by atoms with van der Waals surface area (Å²) in [5.74, 6) is -2.85.